The lowest BCUT2D eigenvalue weighted by Gasteiger charge is -2.20. The van der Waals surface area contributed by atoms with Crippen molar-refractivity contribution in [1.82, 2.24) is 10.6 Å². The number of carboxylic acids is 2. The Morgan fingerprint density at radius 1 is 0.733 bits per heavy atom. The Morgan fingerprint density at radius 3 is 1.27 bits per heavy atom. The summed E-state index contributed by atoms with van der Waals surface area (Å²) >= 11 is 0. The van der Waals surface area contributed by atoms with E-state index in [1.165, 1.54) is 21.6 Å². The predicted octanol–water partition coefficient (Wildman–Crippen LogP) is 0.253. The Morgan fingerprint density at radius 2 is 1.03 bits per heavy atom. The van der Waals surface area contributed by atoms with Crippen LogP contribution in [-0.2, 0) is 19.2 Å². The van der Waals surface area contributed by atoms with Crippen LogP contribution in [0.1, 0.15) is 40.5 Å². The summed E-state index contributed by atoms with van der Waals surface area (Å²) in [5.74, 6) is -2.75. The van der Waals surface area contributed by atoms with Gasteiger partial charge in [-0.05, 0) is 24.7 Å². The smallest absolute Gasteiger partial charge is 0.326 e. The Kier molecular flexibility index (Phi) is 13.8. The van der Waals surface area contributed by atoms with E-state index in [9.17, 15) is 29.4 Å². The maximum Gasteiger partial charge on any atom is 0.326 e. The maximum atomic E-state index is 12.1. The van der Waals surface area contributed by atoms with Crippen molar-refractivity contribution in [3.8, 4) is 0 Å². The molecule has 0 unspecified atom stereocenters. The van der Waals surface area contributed by atoms with E-state index in [1.807, 2.05) is 27.7 Å². The molecule has 0 aromatic carbocycles. The minimum atomic E-state index is -1.11. The molecule has 0 fully saturated rings. The number of carbonyl (C=O) groups excluding carboxylic acids is 2. The summed E-state index contributed by atoms with van der Waals surface area (Å²) in [6.07, 6.45) is 0.599. The molecule has 4 atom stereocenters. The van der Waals surface area contributed by atoms with E-state index in [-0.39, 0.29) is 23.3 Å². The van der Waals surface area contributed by atoms with Crippen LogP contribution in [0.3, 0.4) is 0 Å². The molecule has 0 aliphatic rings. The lowest BCUT2D eigenvalue weighted by molar-refractivity contribution is -0.142. The molecule has 8 N–H and O–H groups in total. The van der Waals surface area contributed by atoms with E-state index >= 15 is 0 Å². The molecule has 0 aromatic rings. The second-order valence-electron chi connectivity index (χ2n) is 7.84. The number of nitrogens with two attached hydrogens (primary N) is 2. The van der Waals surface area contributed by atoms with Crippen LogP contribution in [-0.4, -0.2) is 69.6 Å². The number of aliphatic carboxylic acids is 2. The zero-order valence-electron chi connectivity index (χ0n) is 17.8. The summed E-state index contributed by atoms with van der Waals surface area (Å²) in [5.41, 5.74) is 11.6. The summed E-state index contributed by atoms with van der Waals surface area (Å²) in [7, 11) is 2.46. The Hall–Kier alpha value is -1.50. The van der Waals surface area contributed by atoms with Gasteiger partial charge >= 0.3 is 11.9 Å². The SMILES string of the molecule is CC(C)C[C@H](NC(=O)[C@@H](N)CSSC[C@H](N)C(=O)N[C@H](CC(C)C)C(=O)O)C(=O)O. The van der Waals surface area contributed by atoms with Crippen LogP contribution < -0.4 is 22.1 Å². The van der Waals surface area contributed by atoms with Gasteiger partial charge in [-0.3, -0.25) is 9.59 Å². The fourth-order valence-corrected chi connectivity index (χ4v) is 4.58. The first-order valence-corrected chi connectivity index (χ1v) is 12.2. The van der Waals surface area contributed by atoms with Gasteiger partial charge in [0.25, 0.3) is 0 Å². The molecule has 0 rings (SSSR count). The highest BCUT2D eigenvalue weighted by Crippen LogP contribution is 2.22. The summed E-state index contributed by atoms with van der Waals surface area (Å²) < 4.78 is 0. The number of hydrogen-bond acceptors (Lipinski definition) is 8. The molecule has 174 valence electrons. The van der Waals surface area contributed by atoms with Gasteiger partial charge in [-0.1, -0.05) is 49.3 Å². The van der Waals surface area contributed by atoms with Gasteiger partial charge in [-0.2, -0.15) is 0 Å². The lowest BCUT2D eigenvalue weighted by atomic mass is 10.0. The summed E-state index contributed by atoms with van der Waals surface area (Å²) in [4.78, 5) is 46.6. The third kappa shape index (κ3) is 12.3. The van der Waals surface area contributed by atoms with Crippen molar-refractivity contribution in [1.29, 1.82) is 0 Å². The van der Waals surface area contributed by atoms with Crippen molar-refractivity contribution in [3.63, 3.8) is 0 Å². The number of carbonyl (C=O) groups is 4. The van der Waals surface area contributed by atoms with Crippen LogP contribution in [0, 0.1) is 11.8 Å². The van der Waals surface area contributed by atoms with Gasteiger partial charge in [-0.25, -0.2) is 9.59 Å². The first kappa shape index (κ1) is 28.5. The molecule has 0 heterocycles. The van der Waals surface area contributed by atoms with E-state index in [0.29, 0.717) is 12.8 Å². The van der Waals surface area contributed by atoms with Crippen molar-refractivity contribution in [2.24, 2.45) is 23.3 Å². The monoisotopic (exact) mass is 466 g/mol. The van der Waals surface area contributed by atoms with Crippen molar-refractivity contribution in [2.45, 2.75) is 64.7 Å². The minimum Gasteiger partial charge on any atom is -0.480 e. The topological polar surface area (TPSA) is 185 Å². The number of amides is 2. The lowest BCUT2D eigenvalue weighted by Crippen LogP contribution is -2.50. The van der Waals surface area contributed by atoms with Gasteiger partial charge in [0.05, 0.1) is 12.1 Å². The molecule has 0 radical (unpaired) electrons. The highest BCUT2D eigenvalue weighted by Gasteiger charge is 2.25. The van der Waals surface area contributed by atoms with Gasteiger partial charge in [0, 0.05) is 11.5 Å². The van der Waals surface area contributed by atoms with Crippen LogP contribution >= 0.6 is 21.6 Å². The average molecular weight is 467 g/mol. The van der Waals surface area contributed by atoms with Crippen LogP contribution in [0.15, 0.2) is 0 Å². The van der Waals surface area contributed by atoms with Crippen LogP contribution in [0.5, 0.6) is 0 Å². The molecule has 0 bridgehead atoms. The van der Waals surface area contributed by atoms with Gasteiger partial charge < -0.3 is 32.3 Å². The number of carboxylic acid groups (broad SMARTS) is 2. The average Bonchev–Trinajstić information content (AvgIpc) is 2.62. The molecule has 0 saturated carbocycles. The van der Waals surface area contributed by atoms with Crippen molar-refractivity contribution in [3.05, 3.63) is 0 Å². The predicted molar refractivity (Wildman–Crippen MR) is 119 cm³/mol. The quantitative estimate of drug-likeness (QED) is 0.144. The Labute approximate surface area is 185 Å². The first-order chi connectivity index (χ1) is 13.8. The minimum absolute atomic E-state index is 0.0986. The van der Waals surface area contributed by atoms with Crippen LogP contribution in [0.25, 0.3) is 0 Å². The third-order valence-corrected chi connectivity index (χ3v) is 6.37. The van der Waals surface area contributed by atoms with Crippen molar-refractivity contribution in [2.75, 3.05) is 11.5 Å². The van der Waals surface area contributed by atoms with Crippen molar-refractivity contribution < 1.29 is 29.4 Å². The molecule has 0 aliphatic heterocycles. The van der Waals surface area contributed by atoms with Gasteiger partial charge in [0.2, 0.25) is 11.8 Å². The van der Waals surface area contributed by atoms with Crippen LogP contribution in [0.2, 0.25) is 0 Å². The molecule has 30 heavy (non-hydrogen) atoms. The van der Waals surface area contributed by atoms with E-state index in [4.69, 9.17) is 11.5 Å². The fourth-order valence-electron chi connectivity index (χ4n) is 2.34. The molecule has 0 aromatic heterocycles. The summed E-state index contributed by atoms with van der Waals surface area (Å²) in [5, 5.41) is 23.2. The summed E-state index contributed by atoms with van der Waals surface area (Å²) in [6.45, 7) is 7.43. The molecule has 10 nitrogen and oxygen atoms in total. The molecule has 2 amide bonds. The third-order valence-electron chi connectivity index (χ3n) is 3.90. The number of rotatable bonds is 15. The second kappa shape index (κ2) is 14.5. The van der Waals surface area contributed by atoms with E-state index in [0.717, 1.165) is 0 Å². The molecular weight excluding hydrogens is 432 g/mol. The van der Waals surface area contributed by atoms with Gasteiger partial charge in [0.15, 0.2) is 0 Å². The van der Waals surface area contributed by atoms with E-state index in [2.05, 4.69) is 10.6 Å². The van der Waals surface area contributed by atoms with Crippen LogP contribution in [0.4, 0.5) is 0 Å². The molecule has 0 spiro atoms. The second-order valence-corrected chi connectivity index (χ2v) is 10.4. The van der Waals surface area contributed by atoms with Gasteiger partial charge in [-0.15, -0.1) is 0 Å². The summed E-state index contributed by atoms with van der Waals surface area (Å²) in [6, 6.07) is -3.81. The molecule has 12 heteroatoms. The Bertz CT molecular complexity index is 541. The number of nitrogens with one attached hydrogen (secondary N) is 2. The maximum absolute atomic E-state index is 12.1. The Balaban J connectivity index is 4.36. The highest BCUT2D eigenvalue weighted by molar-refractivity contribution is 8.76. The molecule has 0 saturated heterocycles. The van der Waals surface area contributed by atoms with Gasteiger partial charge in [0.1, 0.15) is 12.1 Å². The zero-order chi connectivity index (χ0) is 23.4. The normalized spacial score (nSPS) is 15.3. The van der Waals surface area contributed by atoms with E-state index < -0.39 is 47.9 Å². The molecule has 0 aliphatic carbocycles. The fraction of sp³-hybridized carbons (Fsp3) is 0.778. The van der Waals surface area contributed by atoms with E-state index in [1.54, 1.807) is 0 Å². The van der Waals surface area contributed by atoms with Crippen molar-refractivity contribution >= 4 is 45.3 Å². The zero-order valence-corrected chi connectivity index (χ0v) is 19.4. The number of hydrogen-bond donors (Lipinski definition) is 6. The first-order valence-electron chi connectivity index (χ1n) is 9.67. The molecular formula is C18H34N4O6S2. The standard InChI is InChI=1S/C18H34N4O6S2/c1-9(2)5-13(17(25)26)21-15(23)11(19)7-29-30-8-12(20)16(24)22-14(18(27)28)6-10(3)4/h9-14H,5-8,19-20H2,1-4H3,(H,21,23)(H,22,24)(H,25,26)(H,27,28)/t11-,12-,13-,14+/m0/s1. The largest absolute Gasteiger partial charge is 0.480 e. The highest BCUT2D eigenvalue weighted by atomic mass is 33.1.